The normalized spacial score (nSPS) is 17.3. The number of hydrogen-bond acceptors (Lipinski definition) is 7. The summed E-state index contributed by atoms with van der Waals surface area (Å²) in [6.45, 7) is 9.27. The number of aromatic nitrogens is 1. The number of nitrogens with zero attached hydrogens (tertiary/aromatic N) is 5. The summed E-state index contributed by atoms with van der Waals surface area (Å²) in [5.41, 5.74) is 3.33. The second kappa shape index (κ2) is 12.3. The van der Waals surface area contributed by atoms with Crippen LogP contribution in [0.25, 0.3) is 6.08 Å². The number of carbonyl (C=O) groups is 1. The van der Waals surface area contributed by atoms with Gasteiger partial charge in [0.2, 0.25) is 0 Å². The number of pyridine rings is 1. The van der Waals surface area contributed by atoms with Gasteiger partial charge in [0.05, 0.1) is 10.9 Å². The number of piperazine rings is 1. The first-order valence-corrected chi connectivity index (χ1v) is 15.1. The summed E-state index contributed by atoms with van der Waals surface area (Å²) < 4.78 is 2.22. The molecule has 1 aromatic heterocycles. The zero-order valence-corrected chi connectivity index (χ0v) is 25.2. The van der Waals surface area contributed by atoms with Gasteiger partial charge >= 0.3 is 0 Å². The van der Waals surface area contributed by atoms with Gasteiger partial charge in [-0.1, -0.05) is 79.4 Å². The van der Waals surface area contributed by atoms with E-state index in [-0.39, 0.29) is 23.1 Å². The van der Waals surface area contributed by atoms with Crippen LogP contribution >= 0.6 is 24.0 Å². The molecule has 2 aliphatic heterocycles. The molecule has 41 heavy (non-hydrogen) atoms. The van der Waals surface area contributed by atoms with E-state index >= 15 is 0 Å². The van der Waals surface area contributed by atoms with Crippen molar-refractivity contribution in [2.75, 3.05) is 36.0 Å². The van der Waals surface area contributed by atoms with Gasteiger partial charge in [0, 0.05) is 44.0 Å². The van der Waals surface area contributed by atoms with E-state index in [9.17, 15) is 14.9 Å². The fraction of sp³-hybridized carbons (Fsp3) is 0.312. The number of thiocarbonyl (C=S) groups is 1. The molecule has 0 bridgehead atoms. The van der Waals surface area contributed by atoms with Gasteiger partial charge in [0.1, 0.15) is 21.8 Å². The van der Waals surface area contributed by atoms with Crippen LogP contribution in [0, 0.1) is 18.3 Å². The zero-order chi connectivity index (χ0) is 29.1. The Kier molecular flexibility index (Phi) is 8.62. The van der Waals surface area contributed by atoms with Crippen LogP contribution in [0.15, 0.2) is 70.4 Å². The molecule has 0 N–H and O–H groups in total. The van der Waals surface area contributed by atoms with Gasteiger partial charge in [-0.05, 0) is 49.6 Å². The number of nitriles is 1. The predicted octanol–water partition coefficient (Wildman–Crippen LogP) is 5.73. The van der Waals surface area contributed by atoms with Crippen molar-refractivity contribution in [2.24, 2.45) is 0 Å². The average molecular weight is 584 g/mol. The molecule has 7 nitrogen and oxygen atoms in total. The highest BCUT2D eigenvalue weighted by molar-refractivity contribution is 8.26. The van der Waals surface area contributed by atoms with Gasteiger partial charge < -0.3 is 9.80 Å². The van der Waals surface area contributed by atoms with Gasteiger partial charge in [-0.3, -0.25) is 19.1 Å². The number of rotatable bonds is 7. The summed E-state index contributed by atoms with van der Waals surface area (Å²) in [4.78, 5) is 34.0. The molecule has 2 fully saturated rings. The lowest BCUT2D eigenvalue weighted by atomic mass is 10.0. The zero-order valence-electron chi connectivity index (χ0n) is 23.5. The van der Waals surface area contributed by atoms with Crippen molar-refractivity contribution >= 4 is 51.8 Å². The third-order valence-corrected chi connectivity index (χ3v) is 9.09. The van der Waals surface area contributed by atoms with E-state index in [1.54, 1.807) is 16.4 Å². The third kappa shape index (κ3) is 5.54. The molecule has 0 radical (unpaired) electrons. The van der Waals surface area contributed by atoms with Crippen LogP contribution < -0.4 is 15.4 Å². The molecule has 1 amide bonds. The van der Waals surface area contributed by atoms with Crippen molar-refractivity contribution in [3.05, 3.63) is 98.2 Å². The SMILES string of the molecule is CCCn1c(N2CCN(c3ccccc3)CC2)c(/C=C2/SC(=S)N(C(C)c3ccccc3)C2=O)c(C)c(C#N)c1=O. The van der Waals surface area contributed by atoms with Gasteiger partial charge in [-0.2, -0.15) is 5.26 Å². The molecule has 3 heterocycles. The molecule has 1 unspecified atom stereocenters. The fourth-order valence-corrected chi connectivity index (χ4v) is 6.96. The molecule has 1 atom stereocenters. The molecule has 9 heteroatoms. The minimum atomic E-state index is -0.283. The number of anilines is 2. The first-order valence-electron chi connectivity index (χ1n) is 13.9. The van der Waals surface area contributed by atoms with Crippen molar-refractivity contribution in [1.82, 2.24) is 9.47 Å². The number of hydrogen-bond donors (Lipinski definition) is 0. The summed E-state index contributed by atoms with van der Waals surface area (Å²) in [7, 11) is 0. The molecule has 5 rings (SSSR count). The number of amides is 1. The van der Waals surface area contributed by atoms with E-state index in [1.807, 2.05) is 68.5 Å². The van der Waals surface area contributed by atoms with E-state index < -0.39 is 0 Å². The van der Waals surface area contributed by atoms with Crippen LogP contribution in [0.5, 0.6) is 0 Å². The standard InChI is InChI=1S/C32H33N5O2S2/c1-4-15-36-29(35-18-16-34(17-19-35)25-13-9-6-10-14-25)26(22(2)27(21-33)30(36)38)20-28-31(39)37(32(40)41-28)23(3)24-11-7-5-8-12-24/h5-14,20,23H,4,15-19H2,1-3H3/b28-20+. The lowest BCUT2D eigenvalue weighted by Crippen LogP contribution is -2.48. The monoisotopic (exact) mass is 583 g/mol. The van der Waals surface area contributed by atoms with Gasteiger partial charge in [0.15, 0.2) is 0 Å². The lowest BCUT2D eigenvalue weighted by molar-refractivity contribution is -0.123. The average Bonchev–Trinajstić information content (AvgIpc) is 3.28. The van der Waals surface area contributed by atoms with Crippen LogP contribution in [-0.4, -0.2) is 45.9 Å². The van der Waals surface area contributed by atoms with Gasteiger partial charge in [-0.15, -0.1) is 0 Å². The second-order valence-corrected chi connectivity index (χ2v) is 11.9. The van der Waals surface area contributed by atoms with Crippen LogP contribution in [0.3, 0.4) is 0 Å². The Morgan fingerprint density at radius 3 is 2.22 bits per heavy atom. The van der Waals surface area contributed by atoms with E-state index in [0.717, 1.165) is 36.5 Å². The Morgan fingerprint density at radius 2 is 1.61 bits per heavy atom. The minimum Gasteiger partial charge on any atom is -0.368 e. The summed E-state index contributed by atoms with van der Waals surface area (Å²) in [6, 6.07) is 22.1. The highest BCUT2D eigenvalue weighted by atomic mass is 32.2. The number of carbonyl (C=O) groups excluding carboxylic acids is 1. The third-order valence-electron chi connectivity index (χ3n) is 7.76. The Bertz CT molecular complexity index is 1590. The largest absolute Gasteiger partial charge is 0.368 e. The van der Waals surface area contributed by atoms with Crippen molar-refractivity contribution in [1.29, 1.82) is 5.26 Å². The molecule has 3 aromatic rings. The highest BCUT2D eigenvalue weighted by Gasteiger charge is 2.37. The molecular weight excluding hydrogens is 551 g/mol. The van der Waals surface area contributed by atoms with Crippen LogP contribution in [0.4, 0.5) is 11.5 Å². The maximum atomic E-state index is 13.8. The number of benzene rings is 2. The molecule has 210 valence electrons. The van der Waals surface area contributed by atoms with Crippen molar-refractivity contribution < 1.29 is 4.79 Å². The van der Waals surface area contributed by atoms with Crippen LogP contribution in [0.1, 0.15) is 48.6 Å². The van der Waals surface area contributed by atoms with Gasteiger partial charge in [0.25, 0.3) is 11.5 Å². The molecule has 0 spiro atoms. The lowest BCUT2D eigenvalue weighted by Gasteiger charge is -2.39. The molecule has 2 aromatic carbocycles. The molecule has 2 aliphatic rings. The Hall–Kier alpha value is -3.87. The molecule has 0 aliphatic carbocycles. The Morgan fingerprint density at radius 1 is 1.00 bits per heavy atom. The maximum Gasteiger partial charge on any atom is 0.270 e. The summed E-state index contributed by atoms with van der Waals surface area (Å²) in [5.74, 6) is 0.602. The minimum absolute atomic E-state index is 0.115. The smallest absolute Gasteiger partial charge is 0.270 e. The first kappa shape index (κ1) is 28.7. The van der Waals surface area contributed by atoms with Gasteiger partial charge in [-0.25, -0.2) is 0 Å². The number of para-hydroxylation sites is 1. The van der Waals surface area contributed by atoms with Crippen LogP contribution in [0.2, 0.25) is 0 Å². The summed E-state index contributed by atoms with van der Waals surface area (Å²) in [5, 5.41) is 9.97. The summed E-state index contributed by atoms with van der Waals surface area (Å²) >= 11 is 6.95. The van der Waals surface area contributed by atoms with Crippen molar-refractivity contribution in [3.63, 3.8) is 0 Å². The second-order valence-electron chi connectivity index (χ2n) is 10.3. The topological polar surface area (TPSA) is 72.6 Å². The van der Waals surface area contributed by atoms with Crippen LogP contribution in [-0.2, 0) is 11.3 Å². The van der Waals surface area contributed by atoms with Crippen molar-refractivity contribution in [3.8, 4) is 6.07 Å². The quantitative estimate of drug-likeness (QED) is 0.260. The summed E-state index contributed by atoms with van der Waals surface area (Å²) in [6.07, 6.45) is 2.58. The molecular formula is C32H33N5O2S2. The molecule has 0 saturated carbocycles. The van der Waals surface area contributed by atoms with E-state index in [0.29, 0.717) is 34.4 Å². The predicted molar refractivity (Wildman–Crippen MR) is 171 cm³/mol. The van der Waals surface area contributed by atoms with E-state index in [4.69, 9.17) is 12.2 Å². The highest BCUT2D eigenvalue weighted by Crippen LogP contribution is 2.40. The Balaban J connectivity index is 1.56. The first-order chi connectivity index (χ1) is 19.8. The van der Waals surface area contributed by atoms with E-state index in [2.05, 4.69) is 28.0 Å². The maximum absolute atomic E-state index is 13.8. The number of thioether (sulfide) groups is 1. The Labute approximate surface area is 250 Å². The molecule has 2 saturated heterocycles. The van der Waals surface area contributed by atoms with Crippen molar-refractivity contribution in [2.45, 2.75) is 39.8 Å². The fourth-order valence-electron chi connectivity index (χ4n) is 5.56. The van der Waals surface area contributed by atoms with E-state index in [1.165, 1.54) is 17.4 Å².